The molecule has 1 aliphatic heterocycles. The Balaban J connectivity index is 1.61. The van der Waals surface area contributed by atoms with E-state index in [2.05, 4.69) is 0 Å². The maximum absolute atomic E-state index is 13.1. The molecule has 1 heterocycles. The second kappa shape index (κ2) is 14.6. The number of ketones is 1. The summed E-state index contributed by atoms with van der Waals surface area (Å²) in [4.78, 5) is 38.9. The number of likely N-dealkylation sites (tertiary alicyclic amines) is 1. The Morgan fingerprint density at radius 1 is 0.974 bits per heavy atom. The lowest BCUT2D eigenvalue weighted by Crippen LogP contribution is -2.33. The molecular weight excluding hydrogens is 482 g/mol. The standard InChI is InChI=1S/C31H39NO6/c1-4-38-30(35)17-10-5-6-11-22-32-27(19-21-29(32)34)18-20-28(33)24-13-12-16-26(23-24)31(36-2,37-3)25-14-8-7-9-15-25/h7-9,12-16,18,20,23,27H,4-6,10-11,17,19,21-22H2,1-3H3/t27-/m0/s1. The van der Waals surface area contributed by atoms with E-state index in [1.807, 2.05) is 53.4 Å². The van der Waals surface area contributed by atoms with Crippen molar-refractivity contribution in [1.29, 1.82) is 0 Å². The predicted molar refractivity (Wildman–Crippen MR) is 146 cm³/mol. The first-order chi connectivity index (χ1) is 18.4. The average Bonchev–Trinajstić information content (AvgIpc) is 3.30. The third-order valence-electron chi connectivity index (χ3n) is 6.94. The summed E-state index contributed by atoms with van der Waals surface area (Å²) >= 11 is 0. The van der Waals surface area contributed by atoms with E-state index in [9.17, 15) is 14.4 Å². The van der Waals surface area contributed by atoms with Crippen molar-refractivity contribution < 1.29 is 28.6 Å². The van der Waals surface area contributed by atoms with Gasteiger partial charge in [-0.05, 0) is 38.3 Å². The molecule has 0 saturated carbocycles. The largest absolute Gasteiger partial charge is 0.466 e. The molecule has 7 nitrogen and oxygen atoms in total. The van der Waals surface area contributed by atoms with Crippen LogP contribution in [0.4, 0.5) is 0 Å². The molecule has 1 atom stereocenters. The molecule has 204 valence electrons. The van der Waals surface area contributed by atoms with Gasteiger partial charge in [0.25, 0.3) is 0 Å². The summed E-state index contributed by atoms with van der Waals surface area (Å²) in [5.41, 5.74) is 2.06. The zero-order chi connectivity index (χ0) is 27.4. The van der Waals surface area contributed by atoms with Crippen molar-refractivity contribution in [1.82, 2.24) is 4.90 Å². The van der Waals surface area contributed by atoms with E-state index in [0.29, 0.717) is 43.5 Å². The fourth-order valence-corrected chi connectivity index (χ4v) is 4.94. The van der Waals surface area contributed by atoms with Crippen LogP contribution in [0, 0.1) is 0 Å². The Hall–Kier alpha value is -3.29. The number of amides is 1. The first-order valence-electron chi connectivity index (χ1n) is 13.4. The maximum Gasteiger partial charge on any atom is 0.305 e. The summed E-state index contributed by atoms with van der Waals surface area (Å²) < 4.78 is 16.6. The lowest BCUT2D eigenvalue weighted by molar-refractivity contribution is -0.183. The lowest BCUT2D eigenvalue weighted by atomic mass is 9.94. The van der Waals surface area contributed by atoms with Crippen molar-refractivity contribution in [2.75, 3.05) is 27.4 Å². The number of methoxy groups -OCH3 is 2. The Kier molecular flexibility index (Phi) is 11.2. The lowest BCUT2D eigenvalue weighted by Gasteiger charge is -2.32. The second-order valence-corrected chi connectivity index (χ2v) is 9.36. The fourth-order valence-electron chi connectivity index (χ4n) is 4.94. The van der Waals surface area contributed by atoms with Crippen molar-refractivity contribution in [3.63, 3.8) is 0 Å². The first-order valence-corrected chi connectivity index (χ1v) is 13.4. The first kappa shape index (κ1) is 29.3. The molecule has 0 N–H and O–H groups in total. The molecule has 2 aromatic rings. The Labute approximate surface area is 225 Å². The molecule has 2 aromatic carbocycles. The number of rotatable bonds is 15. The van der Waals surface area contributed by atoms with Gasteiger partial charge in [-0.25, -0.2) is 0 Å². The zero-order valence-electron chi connectivity index (χ0n) is 22.7. The van der Waals surface area contributed by atoms with Gasteiger partial charge in [-0.15, -0.1) is 0 Å². The Bertz CT molecular complexity index is 1090. The molecule has 1 saturated heterocycles. The molecule has 0 aromatic heterocycles. The van der Waals surface area contributed by atoms with Gasteiger partial charge >= 0.3 is 5.97 Å². The number of hydrogen-bond acceptors (Lipinski definition) is 6. The highest BCUT2D eigenvalue weighted by molar-refractivity contribution is 6.04. The van der Waals surface area contributed by atoms with Crippen molar-refractivity contribution in [2.24, 2.45) is 0 Å². The SMILES string of the molecule is CCOC(=O)CCCCCCN1C(=O)CC[C@@H]1C=CC(=O)c1cccc(C(OC)(OC)c2ccccc2)c1. The quantitative estimate of drug-likeness (QED) is 0.102. The van der Waals surface area contributed by atoms with Gasteiger partial charge in [0.05, 0.1) is 12.6 Å². The zero-order valence-corrected chi connectivity index (χ0v) is 22.7. The number of benzene rings is 2. The Morgan fingerprint density at radius 3 is 2.39 bits per heavy atom. The third kappa shape index (κ3) is 7.39. The molecule has 0 unspecified atom stereocenters. The number of allylic oxidation sites excluding steroid dienone is 1. The van der Waals surface area contributed by atoms with Crippen LogP contribution >= 0.6 is 0 Å². The summed E-state index contributed by atoms with van der Waals surface area (Å²) in [6.07, 6.45) is 8.56. The van der Waals surface area contributed by atoms with E-state index in [-0.39, 0.29) is 23.7 Å². The molecule has 3 rings (SSSR count). The van der Waals surface area contributed by atoms with Crippen LogP contribution < -0.4 is 0 Å². The number of nitrogens with zero attached hydrogens (tertiary/aromatic N) is 1. The number of unbranched alkanes of at least 4 members (excludes halogenated alkanes) is 3. The van der Waals surface area contributed by atoms with Gasteiger partial charge in [-0.1, -0.05) is 67.4 Å². The summed E-state index contributed by atoms with van der Waals surface area (Å²) in [6, 6.07) is 16.8. The van der Waals surface area contributed by atoms with E-state index < -0.39 is 5.79 Å². The van der Waals surface area contributed by atoms with Crippen LogP contribution in [0.15, 0.2) is 66.7 Å². The Morgan fingerprint density at radius 2 is 1.68 bits per heavy atom. The molecule has 0 radical (unpaired) electrons. The molecule has 1 aliphatic rings. The maximum atomic E-state index is 13.1. The predicted octanol–water partition coefficient (Wildman–Crippen LogP) is 5.42. The number of hydrogen-bond donors (Lipinski definition) is 0. The van der Waals surface area contributed by atoms with Crippen molar-refractivity contribution >= 4 is 17.7 Å². The minimum atomic E-state index is -1.13. The highest BCUT2D eigenvalue weighted by Crippen LogP contribution is 2.34. The van der Waals surface area contributed by atoms with Gasteiger partial charge in [-0.3, -0.25) is 14.4 Å². The van der Waals surface area contributed by atoms with Crippen LogP contribution in [-0.4, -0.2) is 56.0 Å². The van der Waals surface area contributed by atoms with Gasteiger partial charge in [-0.2, -0.15) is 0 Å². The second-order valence-electron chi connectivity index (χ2n) is 9.36. The van der Waals surface area contributed by atoms with Crippen LogP contribution in [0.2, 0.25) is 0 Å². The molecule has 1 amide bonds. The van der Waals surface area contributed by atoms with Gasteiger partial charge < -0.3 is 19.1 Å². The molecule has 1 fully saturated rings. The normalized spacial score (nSPS) is 15.8. The van der Waals surface area contributed by atoms with Crippen molar-refractivity contribution in [3.8, 4) is 0 Å². The van der Waals surface area contributed by atoms with Crippen LogP contribution in [0.5, 0.6) is 0 Å². The monoisotopic (exact) mass is 521 g/mol. The summed E-state index contributed by atoms with van der Waals surface area (Å²) in [7, 11) is 3.16. The van der Waals surface area contributed by atoms with Crippen LogP contribution in [0.1, 0.15) is 73.4 Å². The summed E-state index contributed by atoms with van der Waals surface area (Å²) in [5.74, 6) is -1.31. The van der Waals surface area contributed by atoms with E-state index >= 15 is 0 Å². The van der Waals surface area contributed by atoms with Gasteiger partial charge in [0.1, 0.15) is 0 Å². The van der Waals surface area contributed by atoms with Gasteiger partial charge in [0.15, 0.2) is 5.78 Å². The molecular formula is C31H39NO6. The summed E-state index contributed by atoms with van der Waals surface area (Å²) in [6.45, 7) is 2.87. The third-order valence-corrected chi connectivity index (χ3v) is 6.94. The fraction of sp³-hybridized carbons (Fsp3) is 0.452. The van der Waals surface area contributed by atoms with Crippen LogP contribution in [0.3, 0.4) is 0 Å². The molecule has 0 spiro atoms. The van der Waals surface area contributed by atoms with Crippen molar-refractivity contribution in [2.45, 2.75) is 63.7 Å². The minimum absolute atomic E-state index is 0.0875. The van der Waals surface area contributed by atoms with E-state index in [0.717, 1.165) is 31.2 Å². The van der Waals surface area contributed by atoms with E-state index in [1.54, 1.807) is 39.4 Å². The molecule has 7 heteroatoms. The molecule has 0 aliphatic carbocycles. The highest BCUT2D eigenvalue weighted by atomic mass is 16.7. The van der Waals surface area contributed by atoms with Crippen LogP contribution in [-0.2, 0) is 29.6 Å². The number of ether oxygens (including phenoxy) is 3. The molecule has 0 bridgehead atoms. The average molecular weight is 522 g/mol. The number of esters is 1. The number of carbonyl (C=O) groups excluding carboxylic acids is 3. The topological polar surface area (TPSA) is 82.1 Å². The smallest absolute Gasteiger partial charge is 0.305 e. The van der Waals surface area contributed by atoms with Crippen LogP contribution in [0.25, 0.3) is 0 Å². The summed E-state index contributed by atoms with van der Waals surface area (Å²) in [5, 5.41) is 0. The molecule has 38 heavy (non-hydrogen) atoms. The van der Waals surface area contributed by atoms with E-state index in [1.165, 1.54) is 0 Å². The number of carbonyl (C=O) groups is 3. The minimum Gasteiger partial charge on any atom is -0.466 e. The van der Waals surface area contributed by atoms with Gasteiger partial charge in [0.2, 0.25) is 11.7 Å². The van der Waals surface area contributed by atoms with Crippen molar-refractivity contribution in [3.05, 3.63) is 83.4 Å². The van der Waals surface area contributed by atoms with Gasteiger partial charge in [0, 0.05) is 50.3 Å². The van der Waals surface area contributed by atoms with E-state index in [4.69, 9.17) is 14.2 Å². The highest BCUT2D eigenvalue weighted by Gasteiger charge is 2.35.